The fourth-order valence-corrected chi connectivity index (χ4v) is 5.00. The minimum atomic E-state index is -0.960. The Hall–Kier alpha value is -3.85. The van der Waals surface area contributed by atoms with E-state index < -0.39 is 17.6 Å². The van der Waals surface area contributed by atoms with Crippen molar-refractivity contribution in [2.24, 2.45) is 7.05 Å². The van der Waals surface area contributed by atoms with Crippen molar-refractivity contribution >= 4 is 28.5 Å². The predicted octanol–water partition coefficient (Wildman–Crippen LogP) is 6.78. The van der Waals surface area contributed by atoms with Crippen molar-refractivity contribution < 1.29 is 19.1 Å². The van der Waals surface area contributed by atoms with E-state index in [1.807, 2.05) is 0 Å². The lowest BCUT2D eigenvalue weighted by atomic mass is 10.1. The molecule has 10 heteroatoms. The number of para-hydroxylation sites is 1. The molecule has 0 aliphatic rings. The number of hydrogen-bond donors (Lipinski definition) is 1. The van der Waals surface area contributed by atoms with Crippen LogP contribution < -0.4 is 11.3 Å². The summed E-state index contributed by atoms with van der Waals surface area (Å²) in [4.78, 5) is 42.8. The topological polar surface area (TPSA) is 117 Å². The predicted molar refractivity (Wildman–Crippen MR) is 159 cm³/mol. The minimum Gasteiger partial charge on any atom is -0.491 e. The molecular weight excluding hydrogens is 546 g/mol. The zero-order valence-corrected chi connectivity index (χ0v) is 24.3. The lowest BCUT2D eigenvalue weighted by molar-refractivity contribution is 0.0497. The van der Waals surface area contributed by atoms with Crippen molar-refractivity contribution in [3.63, 3.8) is 0 Å². The number of nitrogens with zero attached hydrogens (tertiary/aromatic N) is 3. The lowest BCUT2D eigenvalue weighted by Gasteiger charge is -2.10. The van der Waals surface area contributed by atoms with Crippen LogP contribution in [0.15, 0.2) is 56.5 Å². The maximum Gasteiger partial charge on any atom is 0.427 e. The average molecular weight is 582 g/mol. The summed E-state index contributed by atoms with van der Waals surface area (Å²) < 4.78 is 12.8. The molecule has 0 amide bonds. The molecule has 0 fully saturated rings. The van der Waals surface area contributed by atoms with Crippen molar-refractivity contribution in [3.05, 3.63) is 74.0 Å². The molecule has 0 saturated carbocycles. The Kier molecular flexibility index (Phi) is 10.4. The largest absolute Gasteiger partial charge is 0.491 e. The third-order valence-electron chi connectivity index (χ3n) is 7.13. The van der Waals surface area contributed by atoms with Crippen molar-refractivity contribution in [1.82, 2.24) is 14.1 Å². The molecule has 41 heavy (non-hydrogen) atoms. The van der Waals surface area contributed by atoms with E-state index in [-0.39, 0.29) is 40.0 Å². The number of oxazole rings is 1. The molecule has 0 aliphatic heterocycles. The first-order chi connectivity index (χ1) is 19.8. The van der Waals surface area contributed by atoms with Crippen LogP contribution in [-0.2, 0) is 11.8 Å². The first kappa shape index (κ1) is 30.1. The molecule has 1 N–H and O–H groups in total. The second kappa shape index (κ2) is 14.2. The van der Waals surface area contributed by atoms with Gasteiger partial charge in [-0.2, -0.15) is 0 Å². The van der Waals surface area contributed by atoms with Gasteiger partial charge >= 0.3 is 11.7 Å². The van der Waals surface area contributed by atoms with Crippen molar-refractivity contribution in [2.45, 2.75) is 71.1 Å². The van der Waals surface area contributed by atoms with Gasteiger partial charge in [0.05, 0.1) is 33.8 Å². The Balaban J connectivity index is 1.43. The molecule has 0 radical (unpaired) electrons. The maximum absolute atomic E-state index is 12.9. The fourth-order valence-electron chi connectivity index (χ4n) is 4.79. The quantitative estimate of drug-likeness (QED) is 0.129. The highest BCUT2D eigenvalue weighted by Gasteiger charge is 2.25. The summed E-state index contributed by atoms with van der Waals surface area (Å²) in [7, 11) is 1.46. The molecule has 4 aromatic rings. The highest BCUT2D eigenvalue weighted by molar-refractivity contribution is 6.32. The van der Waals surface area contributed by atoms with Gasteiger partial charge in [0, 0.05) is 7.05 Å². The number of carbonyl (C=O) groups is 1. The third-order valence-corrected chi connectivity index (χ3v) is 7.45. The number of halogens is 1. The maximum atomic E-state index is 12.9. The summed E-state index contributed by atoms with van der Waals surface area (Å²) in [6, 6.07) is 11.0. The molecule has 218 valence electrons. The van der Waals surface area contributed by atoms with Crippen LogP contribution in [0.2, 0.25) is 5.02 Å². The smallest absolute Gasteiger partial charge is 0.427 e. The van der Waals surface area contributed by atoms with Crippen LogP contribution in [0, 0.1) is 0 Å². The van der Waals surface area contributed by atoms with E-state index in [4.69, 9.17) is 20.8 Å². The average Bonchev–Trinajstić information content (AvgIpc) is 3.26. The summed E-state index contributed by atoms with van der Waals surface area (Å²) in [5.74, 6) is -2.47. The van der Waals surface area contributed by atoms with Gasteiger partial charge in [-0.05, 0) is 36.8 Å². The van der Waals surface area contributed by atoms with E-state index in [1.165, 1.54) is 74.8 Å². The van der Waals surface area contributed by atoms with Gasteiger partial charge in [-0.3, -0.25) is 9.36 Å². The van der Waals surface area contributed by atoms with Crippen LogP contribution in [0.5, 0.6) is 5.88 Å². The first-order valence-electron chi connectivity index (χ1n) is 14.2. The molecular formula is C31H36ClN3O6. The normalized spacial score (nSPS) is 11.3. The van der Waals surface area contributed by atoms with Crippen molar-refractivity contribution in [1.29, 1.82) is 0 Å². The summed E-state index contributed by atoms with van der Waals surface area (Å²) >= 11 is 6.36. The van der Waals surface area contributed by atoms with E-state index in [1.54, 1.807) is 24.3 Å². The van der Waals surface area contributed by atoms with Crippen LogP contribution >= 0.6 is 11.6 Å². The summed E-state index contributed by atoms with van der Waals surface area (Å²) in [5, 5.41) is 11.5. The van der Waals surface area contributed by atoms with E-state index in [0.29, 0.717) is 10.9 Å². The van der Waals surface area contributed by atoms with Gasteiger partial charge in [-0.1, -0.05) is 88.4 Å². The van der Waals surface area contributed by atoms with Gasteiger partial charge < -0.3 is 14.3 Å². The third kappa shape index (κ3) is 7.08. The van der Waals surface area contributed by atoms with E-state index in [2.05, 4.69) is 11.9 Å². The zero-order valence-electron chi connectivity index (χ0n) is 23.5. The number of aromatic nitrogens is 3. The molecule has 9 nitrogen and oxygen atoms in total. The number of ether oxygens (including phenoxy) is 1. The standard InChI is InChI=1S/C31H36ClN3O6/c1-3-4-5-6-7-8-9-10-11-14-19-40-30(38)21-17-18-23(32)25(20-21)35-29(37)26(41-31(35)39)27-33-24-16-13-12-15-22(24)28(36)34(27)2/h12-13,15-18,20,37H,3-11,14,19H2,1-2H3. The van der Waals surface area contributed by atoms with Crippen molar-refractivity contribution in [2.75, 3.05) is 6.61 Å². The molecule has 0 saturated heterocycles. The first-order valence-corrected chi connectivity index (χ1v) is 14.6. The van der Waals surface area contributed by atoms with E-state index >= 15 is 0 Å². The number of unbranched alkanes of at least 4 members (excludes halogenated alkanes) is 9. The van der Waals surface area contributed by atoms with Crippen LogP contribution in [0.3, 0.4) is 0 Å². The van der Waals surface area contributed by atoms with Crippen LogP contribution in [0.4, 0.5) is 0 Å². The Bertz CT molecular complexity index is 1620. The molecule has 2 heterocycles. The highest BCUT2D eigenvalue weighted by atomic mass is 35.5. The number of rotatable bonds is 14. The Morgan fingerprint density at radius 3 is 2.34 bits per heavy atom. The van der Waals surface area contributed by atoms with Crippen LogP contribution in [0.25, 0.3) is 28.2 Å². The molecule has 0 bridgehead atoms. The Labute approximate surface area is 243 Å². The van der Waals surface area contributed by atoms with Gasteiger partial charge in [0.15, 0.2) is 5.82 Å². The highest BCUT2D eigenvalue weighted by Crippen LogP contribution is 2.32. The summed E-state index contributed by atoms with van der Waals surface area (Å²) in [6.07, 6.45) is 11.8. The number of aromatic hydroxyl groups is 1. The number of hydrogen-bond acceptors (Lipinski definition) is 7. The van der Waals surface area contributed by atoms with Crippen LogP contribution in [0.1, 0.15) is 81.5 Å². The molecule has 2 aromatic carbocycles. The zero-order chi connectivity index (χ0) is 29.4. The summed E-state index contributed by atoms with van der Waals surface area (Å²) in [6.45, 7) is 2.51. The van der Waals surface area contributed by atoms with Gasteiger partial charge in [0.1, 0.15) is 0 Å². The lowest BCUT2D eigenvalue weighted by Crippen LogP contribution is -2.20. The second-order valence-corrected chi connectivity index (χ2v) is 10.6. The monoisotopic (exact) mass is 581 g/mol. The number of carbonyl (C=O) groups excluding carboxylic acids is 1. The van der Waals surface area contributed by atoms with Crippen molar-refractivity contribution in [3.8, 4) is 23.2 Å². The molecule has 0 unspecified atom stereocenters. The van der Waals surface area contributed by atoms with Gasteiger partial charge in [0.2, 0.25) is 11.6 Å². The van der Waals surface area contributed by atoms with E-state index in [9.17, 15) is 19.5 Å². The minimum absolute atomic E-state index is 0.0309. The Morgan fingerprint density at radius 1 is 0.976 bits per heavy atom. The summed E-state index contributed by atoms with van der Waals surface area (Å²) in [5.41, 5.74) is 0.210. The number of benzene rings is 2. The van der Waals surface area contributed by atoms with Gasteiger partial charge in [-0.15, -0.1) is 0 Å². The molecule has 2 aromatic heterocycles. The van der Waals surface area contributed by atoms with E-state index in [0.717, 1.165) is 23.8 Å². The molecule has 0 spiro atoms. The molecule has 0 atom stereocenters. The molecule has 0 aliphatic carbocycles. The van der Waals surface area contributed by atoms with Gasteiger partial charge in [0.25, 0.3) is 5.56 Å². The van der Waals surface area contributed by atoms with Crippen LogP contribution in [-0.4, -0.2) is 31.8 Å². The fraction of sp³-hybridized carbons (Fsp3) is 0.419. The number of esters is 1. The SMILES string of the molecule is CCCCCCCCCCCCOC(=O)c1ccc(Cl)c(-n2c(O)c(-c3nc4ccccc4c(=O)n3C)oc2=O)c1. The molecule has 4 rings (SSSR count). The van der Waals surface area contributed by atoms with Gasteiger partial charge in [-0.25, -0.2) is 19.1 Å². The second-order valence-electron chi connectivity index (χ2n) is 10.2. The number of fused-ring (bicyclic) bond motifs is 1. The Morgan fingerprint density at radius 2 is 1.63 bits per heavy atom.